The van der Waals surface area contributed by atoms with Crippen molar-refractivity contribution in [3.8, 4) is 33.4 Å². The van der Waals surface area contributed by atoms with Crippen molar-refractivity contribution in [3.63, 3.8) is 0 Å². The predicted octanol–water partition coefficient (Wildman–Crippen LogP) is 14.5. The predicted molar refractivity (Wildman–Crippen MR) is 218 cm³/mol. The molecule has 0 amide bonds. The van der Waals surface area contributed by atoms with Gasteiger partial charge >= 0.3 is 0 Å². The fraction of sp³-hybridized carbons (Fsp3) is 0.0800. The van der Waals surface area contributed by atoms with Gasteiger partial charge in [-0.25, -0.2) is 4.39 Å². The van der Waals surface area contributed by atoms with Crippen LogP contribution < -0.4 is 0 Å². The average molecular weight is 655 g/mol. The summed E-state index contributed by atoms with van der Waals surface area (Å²) in [5, 5.41) is 13.9. The van der Waals surface area contributed by atoms with Gasteiger partial charge in [-0.05, 0) is 110 Å². The van der Waals surface area contributed by atoms with E-state index in [2.05, 4.69) is 142 Å². The monoisotopic (exact) mass is 654 g/mol. The Morgan fingerprint density at radius 3 is 1.29 bits per heavy atom. The minimum atomic E-state index is -0.196. The molecule has 0 fully saturated rings. The Bertz CT molecular complexity index is 2940. The van der Waals surface area contributed by atoms with Crippen molar-refractivity contribution in [2.24, 2.45) is 0 Å². The maximum atomic E-state index is 15.1. The molecule has 0 saturated carbocycles. The minimum Gasteiger partial charge on any atom is -0.206 e. The highest BCUT2D eigenvalue weighted by molar-refractivity contribution is 6.31. The summed E-state index contributed by atoms with van der Waals surface area (Å²) in [4.78, 5) is 0. The fourth-order valence-corrected chi connectivity index (χ4v) is 8.61. The van der Waals surface area contributed by atoms with E-state index in [0.717, 1.165) is 27.3 Å². The molecule has 51 heavy (non-hydrogen) atoms. The molecule has 10 rings (SSSR count). The molecular weight excluding hydrogens is 620 g/mol. The highest BCUT2D eigenvalue weighted by atomic mass is 19.1. The van der Waals surface area contributed by atoms with Crippen molar-refractivity contribution < 1.29 is 4.39 Å². The largest absolute Gasteiger partial charge is 0.206 e. The molecule has 242 valence electrons. The summed E-state index contributed by atoms with van der Waals surface area (Å²) in [6.45, 7) is 6.79. The molecule has 0 unspecified atom stereocenters. The summed E-state index contributed by atoms with van der Waals surface area (Å²) in [5.41, 5.74) is 8.58. The van der Waals surface area contributed by atoms with E-state index >= 15 is 4.39 Å². The lowest BCUT2D eigenvalue weighted by molar-refractivity contribution is 0.590. The molecule has 0 nitrogen and oxygen atoms in total. The highest BCUT2D eigenvalue weighted by Crippen LogP contribution is 2.49. The Kier molecular flexibility index (Phi) is 6.42. The third-order valence-electron chi connectivity index (χ3n) is 11.1. The van der Waals surface area contributed by atoms with Crippen LogP contribution in [0.2, 0.25) is 0 Å². The van der Waals surface area contributed by atoms with Gasteiger partial charge in [0.25, 0.3) is 0 Å². The first-order valence-corrected chi connectivity index (χ1v) is 17.8. The van der Waals surface area contributed by atoms with Crippen molar-refractivity contribution in [1.82, 2.24) is 0 Å². The van der Waals surface area contributed by atoms with Crippen LogP contribution in [0.15, 0.2) is 158 Å². The van der Waals surface area contributed by atoms with Crippen LogP contribution in [0.4, 0.5) is 4.39 Å². The third kappa shape index (κ3) is 4.44. The van der Waals surface area contributed by atoms with Gasteiger partial charge in [-0.3, -0.25) is 0 Å². The number of fused-ring (bicyclic) bond motifs is 3. The number of rotatable bonds is 3. The molecule has 0 heterocycles. The van der Waals surface area contributed by atoms with Crippen LogP contribution in [0, 0.1) is 5.82 Å². The standard InChI is InChI=1S/C50H35F/c1-50(2,3)33-22-16-30(17-23-33)34-24-18-31-20-26-43-44(27-21-32-19-25-41(34)46(31)47(32)43)49-39-14-8-6-12-37(39)48(38-13-7-9-15-40(38)49)42-28-29-45(51)36-11-5-4-10-35(36)42/h4-29H,1-3H3. The van der Waals surface area contributed by atoms with E-state index in [1.807, 2.05) is 30.3 Å². The zero-order chi connectivity index (χ0) is 34.4. The van der Waals surface area contributed by atoms with E-state index in [9.17, 15) is 0 Å². The van der Waals surface area contributed by atoms with Gasteiger partial charge in [0, 0.05) is 5.39 Å². The van der Waals surface area contributed by atoms with Crippen LogP contribution in [-0.2, 0) is 5.41 Å². The SMILES string of the molecule is CC(C)(C)c1ccc(-c2ccc3ccc4c(-c5c6ccccc6c(-c6ccc(F)c7ccccc67)c6ccccc56)ccc5ccc2c3c54)cc1. The summed E-state index contributed by atoms with van der Waals surface area (Å²) < 4.78 is 15.1. The van der Waals surface area contributed by atoms with Gasteiger partial charge in [-0.15, -0.1) is 0 Å². The van der Waals surface area contributed by atoms with Crippen LogP contribution in [0.25, 0.3) is 98.0 Å². The molecule has 0 aliphatic heterocycles. The van der Waals surface area contributed by atoms with Gasteiger partial charge < -0.3 is 0 Å². The summed E-state index contributed by atoms with van der Waals surface area (Å²) in [5.74, 6) is -0.196. The van der Waals surface area contributed by atoms with Gasteiger partial charge in [0.1, 0.15) is 5.82 Å². The number of hydrogen-bond donors (Lipinski definition) is 0. The lowest BCUT2D eigenvalue weighted by Crippen LogP contribution is -2.10. The second-order valence-corrected chi connectivity index (χ2v) is 15.0. The molecule has 0 aliphatic rings. The maximum Gasteiger partial charge on any atom is 0.131 e. The fourth-order valence-electron chi connectivity index (χ4n) is 8.61. The maximum absolute atomic E-state index is 15.1. The quantitative estimate of drug-likeness (QED) is 0.131. The molecule has 0 radical (unpaired) electrons. The van der Waals surface area contributed by atoms with E-state index in [4.69, 9.17) is 0 Å². The molecule has 0 spiro atoms. The van der Waals surface area contributed by atoms with Gasteiger partial charge in [0.2, 0.25) is 0 Å². The zero-order valence-electron chi connectivity index (χ0n) is 28.9. The second-order valence-electron chi connectivity index (χ2n) is 15.0. The topological polar surface area (TPSA) is 0 Å². The molecule has 0 bridgehead atoms. The summed E-state index contributed by atoms with van der Waals surface area (Å²) in [6.07, 6.45) is 0. The van der Waals surface area contributed by atoms with Gasteiger partial charge in [0.05, 0.1) is 0 Å². The van der Waals surface area contributed by atoms with E-state index < -0.39 is 0 Å². The van der Waals surface area contributed by atoms with E-state index in [1.165, 1.54) is 70.9 Å². The Hall–Kier alpha value is -6.05. The summed E-state index contributed by atoms with van der Waals surface area (Å²) >= 11 is 0. The first-order chi connectivity index (χ1) is 24.9. The lowest BCUT2D eigenvalue weighted by atomic mass is 9.82. The highest BCUT2D eigenvalue weighted by Gasteiger charge is 2.22. The van der Waals surface area contributed by atoms with Crippen LogP contribution >= 0.6 is 0 Å². The van der Waals surface area contributed by atoms with E-state index in [0.29, 0.717) is 5.39 Å². The van der Waals surface area contributed by atoms with Gasteiger partial charge in [-0.1, -0.05) is 172 Å². The molecule has 0 atom stereocenters. The molecule has 0 saturated heterocycles. The third-order valence-corrected chi connectivity index (χ3v) is 11.1. The Morgan fingerprint density at radius 1 is 0.353 bits per heavy atom. The number of hydrogen-bond acceptors (Lipinski definition) is 0. The normalized spacial score (nSPS) is 12.3. The minimum absolute atomic E-state index is 0.108. The molecule has 1 heteroatoms. The molecule has 10 aromatic rings. The molecule has 0 aliphatic carbocycles. The average Bonchev–Trinajstić information content (AvgIpc) is 3.16. The van der Waals surface area contributed by atoms with E-state index in [-0.39, 0.29) is 11.2 Å². The van der Waals surface area contributed by atoms with Crippen LogP contribution in [0.5, 0.6) is 0 Å². The molecular formula is C50H35F. The lowest BCUT2D eigenvalue weighted by Gasteiger charge is -2.21. The molecule has 10 aromatic carbocycles. The van der Waals surface area contributed by atoms with Crippen LogP contribution in [0.3, 0.4) is 0 Å². The first kappa shape index (κ1) is 29.8. The number of halogens is 1. The van der Waals surface area contributed by atoms with Crippen molar-refractivity contribution in [2.45, 2.75) is 26.2 Å². The Labute approximate surface area is 296 Å². The summed E-state index contributed by atoms with van der Waals surface area (Å²) in [6, 6.07) is 56.4. The van der Waals surface area contributed by atoms with Gasteiger partial charge in [-0.2, -0.15) is 0 Å². The van der Waals surface area contributed by atoms with Crippen molar-refractivity contribution in [1.29, 1.82) is 0 Å². The van der Waals surface area contributed by atoms with E-state index in [1.54, 1.807) is 6.07 Å². The van der Waals surface area contributed by atoms with Crippen LogP contribution in [0.1, 0.15) is 26.3 Å². The molecule has 0 aromatic heterocycles. The van der Waals surface area contributed by atoms with Crippen molar-refractivity contribution >= 4 is 64.6 Å². The Morgan fingerprint density at radius 2 is 0.765 bits per heavy atom. The van der Waals surface area contributed by atoms with Crippen molar-refractivity contribution in [3.05, 3.63) is 169 Å². The molecule has 0 N–H and O–H groups in total. The zero-order valence-corrected chi connectivity index (χ0v) is 28.9. The van der Waals surface area contributed by atoms with Crippen molar-refractivity contribution in [2.75, 3.05) is 0 Å². The number of benzene rings is 10. The van der Waals surface area contributed by atoms with Crippen LogP contribution in [-0.4, -0.2) is 0 Å². The smallest absolute Gasteiger partial charge is 0.131 e. The Balaban J connectivity index is 1.28. The summed E-state index contributed by atoms with van der Waals surface area (Å²) in [7, 11) is 0. The second kappa shape index (κ2) is 11.0. The first-order valence-electron chi connectivity index (χ1n) is 17.8. The van der Waals surface area contributed by atoms with Gasteiger partial charge in [0.15, 0.2) is 0 Å².